The Morgan fingerprint density at radius 2 is 1.38 bits per heavy atom. The molecule has 8 aromatic rings. The first-order valence-electron chi connectivity index (χ1n) is 21.4. The third-order valence-electron chi connectivity index (χ3n) is 12.6. The molecule has 2 aliphatic rings. The van der Waals surface area contributed by atoms with Crippen LogP contribution in [0.15, 0.2) is 152 Å². The summed E-state index contributed by atoms with van der Waals surface area (Å²) in [5.74, 6) is 1.78. The maximum Gasteiger partial charge on any atom is 0.0798 e. The first kappa shape index (κ1) is 41.5. The van der Waals surface area contributed by atoms with Crippen molar-refractivity contribution in [2.75, 3.05) is 0 Å². The number of imidazole rings is 1. The molecule has 0 bridgehead atoms. The fourth-order valence-electron chi connectivity index (χ4n) is 9.41. The Morgan fingerprint density at radius 1 is 0.683 bits per heavy atom. The summed E-state index contributed by atoms with van der Waals surface area (Å²) in [7, 11) is -1.36. The molecule has 2 aromatic heterocycles. The van der Waals surface area contributed by atoms with Crippen LogP contribution in [-0.2, 0) is 31.9 Å². The number of benzene rings is 6. The molecule has 0 saturated heterocycles. The van der Waals surface area contributed by atoms with Gasteiger partial charge in [0.2, 0.25) is 0 Å². The molecule has 10 rings (SSSR count). The van der Waals surface area contributed by atoms with Crippen LogP contribution in [0.25, 0.3) is 61.6 Å². The minimum Gasteiger partial charge on any atom is -0.333 e. The van der Waals surface area contributed by atoms with Crippen molar-refractivity contribution < 1.29 is 20.1 Å². The van der Waals surface area contributed by atoms with E-state index in [1.54, 1.807) is 10.8 Å². The molecule has 5 heteroatoms. The van der Waals surface area contributed by atoms with Crippen molar-refractivity contribution >= 4 is 24.3 Å². The molecule has 0 aliphatic heterocycles. The zero-order chi connectivity index (χ0) is 40.6. The SMILES string of the molecule is CC1(C)c2c[c-]c(-c3nc4ccccc4n3-c3ccc(-c4ccccc4)cc3)cc2-c2ccccc21.C[Si](C)(C)c1cnc(-c2[c-]cccc2)cc1CC1CCCCC1.[Ir]. The van der Waals surface area contributed by atoms with Gasteiger partial charge in [-0.3, -0.25) is 4.98 Å². The van der Waals surface area contributed by atoms with Gasteiger partial charge < -0.3 is 9.55 Å². The van der Waals surface area contributed by atoms with E-state index in [1.807, 2.05) is 18.2 Å². The van der Waals surface area contributed by atoms with E-state index >= 15 is 0 Å². The van der Waals surface area contributed by atoms with E-state index in [2.05, 4.69) is 184 Å². The van der Waals surface area contributed by atoms with E-state index < -0.39 is 8.07 Å². The predicted molar refractivity (Wildman–Crippen MR) is 250 cm³/mol. The Morgan fingerprint density at radius 3 is 2.13 bits per heavy atom. The summed E-state index contributed by atoms with van der Waals surface area (Å²) in [6, 6.07) is 58.2. The van der Waals surface area contributed by atoms with E-state index in [9.17, 15) is 0 Å². The molecule has 0 unspecified atom stereocenters. The van der Waals surface area contributed by atoms with Crippen LogP contribution in [0.1, 0.15) is 62.6 Å². The van der Waals surface area contributed by atoms with Crippen LogP contribution in [0.5, 0.6) is 0 Å². The molecule has 2 heterocycles. The molecule has 0 amide bonds. The van der Waals surface area contributed by atoms with Gasteiger partial charge in [-0.05, 0) is 75.2 Å². The van der Waals surface area contributed by atoms with Gasteiger partial charge in [-0.1, -0.05) is 162 Å². The number of rotatable bonds is 7. The van der Waals surface area contributed by atoms with Crippen LogP contribution in [0.4, 0.5) is 0 Å². The topological polar surface area (TPSA) is 30.7 Å². The second-order valence-corrected chi connectivity index (χ2v) is 23.0. The summed E-state index contributed by atoms with van der Waals surface area (Å²) in [5, 5.41) is 1.54. The quantitative estimate of drug-likeness (QED) is 0.118. The van der Waals surface area contributed by atoms with Crippen LogP contribution in [0.3, 0.4) is 0 Å². The predicted octanol–water partition coefficient (Wildman–Crippen LogP) is 13.7. The van der Waals surface area contributed by atoms with E-state index in [4.69, 9.17) is 9.97 Å². The zero-order valence-electron chi connectivity index (χ0n) is 35.4. The molecule has 0 spiro atoms. The average molecular weight is 976 g/mol. The number of aromatic nitrogens is 3. The van der Waals surface area contributed by atoms with Crippen LogP contribution < -0.4 is 5.19 Å². The maximum absolute atomic E-state index is 5.09. The number of hydrogen-bond donors (Lipinski definition) is 0. The molecular weight excluding hydrogens is 923 g/mol. The van der Waals surface area contributed by atoms with Crippen molar-refractivity contribution in [3.8, 4) is 50.6 Å². The van der Waals surface area contributed by atoms with Crippen molar-refractivity contribution in [3.63, 3.8) is 0 Å². The van der Waals surface area contributed by atoms with Gasteiger partial charge in [-0.15, -0.1) is 65.2 Å². The summed E-state index contributed by atoms with van der Waals surface area (Å²) < 4.78 is 2.26. The monoisotopic (exact) mass is 976 g/mol. The Hall–Kier alpha value is -5.19. The summed E-state index contributed by atoms with van der Waals surface area (Å²) in [4.78, 5) is 9.86. The Balaban J connectivity index is 0.000000181. The molecular formula is C55H53IrN3Si-2. The van der Waals surface area contributed by atoms with Gasteiger partial charge in [0.15, 0.2) is 0 Å². The van der Waals surface area contributed by atoms with Crippen molar-refractivity contribution in [2.24, 2.45) is 5.92 Å². The molecule has 0 atom stereocenters. The second kappa shape index (κ2) is 17.4. The third-order valence-corrected chi connectivity index (χ3v) is 14.6. The molecule has 303 valence electrons. The summed E-state index contributed by atoms with van der Waals surface area (Å²) in [5.41, 5.74) is 15.6. The van der Waals surface area contributed by atoms with Gasteiger partial charge in [0.25, 0.3) is 0 Å². The summed E-state index contributed by atoms with van der Waals surface area (Å²) in [6.45, 7) is 11.9. The normalized spacial score (nSPS) is 14.4. The first-order valence-corrected chi connectivity index (χ1v) is 24.9. The largest absolute Gasteiger partial charge is 0.333 e. The van der Waals surface area contributed by atoms with Crippen LogP contribution in [0.2, 0.25) is 19.6 Å². The Labute approximate surface area is 371 Å². The average Bonchev–Trinajstić information content (AvgIpc) is 3.77. The van der Waals surface area contributed by atoms with E-state index in [1.165, 1.54) is 71.9 Å². The molecule has 3 nitrogen and oxygen atoms in total. The molecule has 1 radical (unpaired) electrons. The Bertz CT molecular complexity index is 2720. The Kier molecular flexibility index (Phi) is 12.1. The summed E-state index contributed by atoms with van der Waals surface area (Å²) in [6.07, 6.45) is 10.5. The second-order valence-electron chi connectivity index (χ2n) is 18.0. The van der Waals surface area contributed by atoms with Gasteiger partial charge in [-0.25, -0.2) is 0 Å². The van der Waals surface area contributed by atoms with Crippen molar-refractivity contribution in [3.05, 3.63) is 181 Å². The van der Waals surface area contributed by atoms with Gasteiger partial charge in [0, 0.05) is 32.0 Å². The number of nitrogens with zero attached hydrogens (tertiary/aromatic N) is 3. The van der Waals surface area contributed by atoms with Gasteiger partial charge in [-0.2, -0.15) is 0 Å². The number of pyridine rings is 1. The van der Waals surface area contributed by atoms with Crippen molar-refractivity contribution in [1.82, 2.24) is 14.5 Å². The number of hydrogen-bond acceptors (Lipinski definition) is 2. The van der Waals surface area contributed by atoms with Crippen LogP contribution in [-0.4, -0.2) is 22.6 Å². The maximum atomic E-state index is 5.09. The summed E-state index contributed by atoms with van der Waals surface area (Å²) >= 11 is 0. The minimum atomic E-state index is -1.36. The van der Waals surface area contributed by atoms with E-state index in [0.717, 1.165) is 45.3 Å². The standard InChI is InChI=1S/C34H25N2.C21H28NSi.Ir/c1-34(2)29-13-7-6-12-27(29)28-22-25(18-21-30(28)34)33-35-31-14-8-9-15-32(31)36(33)26-19-16-24(17-20-26)23-10-4-3-5-11-23;1-23(2,3)21-16-22-20(18-12-8-5-9-13-18)15-19(21)14-17-10-6-4-7-11-17;/h3-17,19-22H,1-2H3;5,8-9,12,15-17H,4,6-7,10-11,14H2,1-3H3;/q2*-1;. The molecule has 0 N–H and O–H groups in total. The van der Waals surface area contributed by atoms with Gasteiger partial charge >= 0.3 is 0 Å². The van der Waals surface area contributed by atoms with Gasteiger partial charge in [0.05, 0.1) is 24.9 Å². The minimum absolute atomic E-state index is 0. The number of fused-ring (bicyclic) bond motifs is 4. The van der Waals surface area contributed by atoms with Crippen LogP contribution >= 0.6 is 0 Å². The first-order chi connectivity index (χ1) is 28.6. The fraction of sp³-hybridized carbons (Fsp3) is 0.236. The molecule has 60 heavy (non-hydrogen) atoms. The van der Waals surface area contributed by atoms with E-state index in [0.29, 0.717) is 0 Å². The van der Waals surface area contributed by atoms with Crippen molar-refractivity contribution in [2.45, 2.75) is 77.4 Å². The molecule has 1 fully saturated rings. The number of para-hydroxylation sites is 2. The zero-order valence-corrected chi connectivity index (χ0v) is 38.8. The van der Waals surface area contributed by atoms with Gasteiger partial charge in [0.1, 0.15) is 0 Å². The molecule has 6 aromatic carbocycles. The fourth-order valence-corrected chi connectivity index (χ4v) is 11.0. The smallest absolute Gasteiger partial charge is 0.0798 e. The van der Waals surface area contributed by atoms with Crippen molar-refractivity contribution in [1.29, 1.82) is 0 Å². The molecule has 1 saturated carbocycles. The molecule has 2 aliphatic carbocycles. The van der Waals surface area contributed by atoms with E-state index in [-0.39, 0.29) is 25.5 Å². The third kappa shape index (κ3) is 8.28. The van der Waals surface area contributed by atoms with Crippen LogP contribution in [0, 0.1) is 18.1 Å².